The highest BCUT2D eigenvalue weighted by Crippen LogP contribution is 2.50. The lowest BCUT2D eigenvalue weighted by Crippen LogP contribution is -2.51. The average molecular weight is 910 g/mol. The number of benzene rings is 3. The van der Waals surface area contributed by atoms with Crippen LogP contribution in [0.5, 0.6) is 11.5 Å². The zero-order valence-corrected chi connectivity index (χ0v) is 39.7. The lowest BCUT2D eigenvalue weighted by molar-refractivity contribution is -0.152. The van der Waals surface area contributed by atoms with Crippen LogP contribution < -0.4 is 14.8 Å². The maximum Gasteiger partial charge on any atom is 0.314 e. The maximum atomic E-state index is 13.8. The molecule has 2 unspecified atom stereocenters. The molecule has 16 nitrogen and oxygen atoms in total. The van der Waals surface area contributed by atoms with Crippen molar-refractivity contribution in [3.8, 4) is 17.6 Å². The first-order valence-corrected chi connectivity index (χ1v) is 23.2. The molecule has 3 aliphatic rings. The molecule has 3 aromatic rings. The molecule has 346 valence electrons. The molecule has 5 atom stereocenters. The van der Waals surface area contributed by atoms with Gasteiger partial charge in [-0.25, -0.2) is 0 Å². The predicted octanol–water partition coefficient (Wildman–Crippen LogP) is 6.96. The fourth-order valence-corrected chi connectivity index (χ4v) is 10.3. The first kappa shape index (κ1) is 48.9. The van der Waals surface area contributed by atoms with Gasteiger partial charge in [0, 0.05) is 24.4 Å². The number of guanidine groups is 1. The van der Waals surface area contributed by atoms with Gasteiger partial charge in [-0.05, 0) is 82.5 Å². The van der Waals surface area contributed by atoms with E-state index in [1.54, 1.807) is 46.8 Å². The molecule has 3 aromatic carbocycles. The molecule has 1 saturated heterocycles. The summed E-state index contributed by atoms with van der Waals surface area (Å²) in [5, 5.41) is 12.0. The second-order valence-electron chi connectivity index (χ2n) is 17.4. The van der Waals surface area contributed by atoms with E-state index >= 15 is 0 Å². The van der Waals surface area contributed by atoms with Gasteiger partial charge in [0.15, 0.2) is 11.9 Å². The Kier molecular flexibility index (Phi) is 15.9. The number of aliphatic imine (C=N–C) groups is 3. The van der Waals surface area contributed by atoms with Crippen molar-refractivity contribution >= 4 is 44.2 Å². The Bertz CT molecular complexity index is 2220. The van der Waals surface area contributed by atoms with Crippen LogP contribution in [-0.4, -0.2) is 115 Å². The molecule has 2 amide bonds. The van der Waals surface area contributed by atoms with Gasteiger partial charge >= 0.3 is 5.97 Å². The summed E-state index contributed by atoms with van der Waals surface area (Å²) < 4.78 is 40.6. The van der Waals surface area contributed by atoms with Crippen LogP contribution in [0.3, 0.4) is 0 Å². The molecule has 0 bridgehead atoms. The van der Waals surface area contributed by atoms with Gasteiger partial charge < -0.3 is 28.2 Å². The number of nitriles is 1. The van der Waals surface area contributed by atoms with Gasteiger partial charge in [-0.1, -0.05) is 68.4 Å². The lowest BCUT2D eigenvalue weighted by Gasteiger charge is -2.40. The number of carbonyl (C=O) groups is 3. The van der Waals surface area contributed by atoms with E-state index in [9.17, 15) is 19.6 Å². The number of rotatable bonds is 19. The highest BCUT2D eigenvalue weighted by Gasteiger charge is 2.49. The summed E-state index contributed by atoms with van der Waals surface area (Å²) in [7, 11) is 1.54. The summed E-state index contributed by atoms with van der Waals surface area (Å²) in [4.78, 5) is 54.5. The molecule has 3 heterocycles. The molecule has 3 aliphatic heterocycles. The van der Waals surface area contributed by atoms with Crippen molar-refractivity contribution in [3.63, 3.8) is 0 Å². The number of amidine groups is 1. The topological polar surface area (TPSA) is 186 Å². The minimum absolute atomic E-state index is 0.0166. The van der Waals surface area contributed by atoms with Gasteiger partial charge in [0.25, 0.3) is 11.8 Å². The molecule has 0 spiro atoms. The normalized spacial score (nSPS) is 20.8. The van der Waals surface area contributed by atoms with Crippen molar-refractivity contribution in [2.75, 3.05) is 27.0 Å². The molecule has 17 heteroatoms. The van der Waals surface area contributed by atoms with Crippen LogP contribution in [0.4, 0.5) is 0 Å². The first-order valence-electron chi connectivity index (χ1n) is 21.8. The Hall–Kier alpha value is -5.56. The predicted molar refractivity (Wildman–Crippen MR) is 248 cm³/mol. The van der Waals surface area contributed by atoms with E-state index in [0.29, 0.717) is 11.5 Å². The second kappa shape index (κ2) is 21.2. The largest absolute Gasteiger partial charge is 0.497 e. The van der Waals surface area contributed by atoms with Crippen LogP contribution in [0, 0.1) is 17.2 Å². The number of nitrogens with one attached hydrogen (secondary N) is 1. The van der Waals surface area contributed by atoms with Crippen LogP contribution in [0.1, 0.15) is 84.9 Å². The lowest BCUT2D eigenvalue weighted by atomic mass is 9.80. The number of amides is 2. The van der Waals surface area contributed by atoms with Crippen LogP contribution in [0.15, 0.2) is 93.8 Å². The number of hydrogen-bond donors (Lipinski definition) is 1. The van der Waals surface area contributed by atoms with Crippen LogP contribution in [-0.2, 0) is 38.7 Å². The summed E-state index contributed by atoms with van der Waals surface area (Å²) >= 11 is 0. The fraction of sp³-hybridized carbons (Fsp3) is 0.479. The first-order chi connectivity index (χ1) is 31.0. The Morgan fingerprint density at radius 3 is 2.06 bits per heavy atom. The molecular formula is C48H60N7O9P. The molecule has 65 heavy (non-hydrogen) atoms. The quantitative estimate of drug-likeness (QED) is 0.0742. The summed E-state index contributed by atoms with van der Waals surface area (Å²) in [6, 6.07) is 26.4. The van der Waals surface area contributed by atoms with E-state index in [4.69, 9.17) is 28.2 Å². The third kappa shape index (κ3) is 11.3. The van der Waals surface area contributed by atoms with Gasteiger partial charge in [0.1, 0.15) is 49.5 Å². The standard InChI is InChI=1S/C48H60N7O9P/c1-30(2)44(57)52-46-51-43-42(45(58)53-46)50-29-54(43)40-26-38(64-65(55(31(3)4)32(5)6)28-41(56)63-47(7,8)24-25-49)39(62-40)27-61-48(33-14-12-11-13-15-33,34-16-20-36(59-9)21-17-34)35-18-22-37(60-10)23-19-35/h11-23,29-32,38-40,42H,24,26-28H2,1-10H3,(H,52,53,57,58)/t38-,39+,40+,42?,65?/m0/s1. The van der Waals surface area contributed by atoms with Gasteiger partial charge in [-0.15, -0.1) is 0 Å². The maximum absolute atomic E-state index is 13.8. The van der Waals surface area contributed by atoms with Crippen molar-refractivity contribution < 1.29 is 42.6 Å². The van der Waals surface area contributed by atoms with Crippen LogP contribution in [0.25, 0.3) is 0 Å². The SMILES string of the molecule is COc1ccc(C(OC[C@H]2O[C@@H](N3C=NC4C(=O)NC(=NC(=O)C(C)C)N=C43)C[C@@H]2OP(CC(=O)OC(C)(C)CC#N)N(C(C)C)C(C)C)(c2ccccc2)c2ccc(OC)cc2)cc1. The molecule has 6 rings (SSSR count). The molecule has 1 fully saturated rings. The molecule has 0 aromatic heterocycles. The minimum Gasteiger partial charge on any atom is -0.497 e. The molecule has 0 radical (unpaired) electrons. The van der Waals surface area contributed by atoms with Crippen LogP contribution >= 0.6 is 8.30 Å². The van der Waals surface area contributed by atoms with E-state index in [1.165, 1.54) is 6.34 Å². The zero-order chi connectivity index (χ0) is 47.1. The minimum atomic E-state index is -1.69. The number of carbonyl (C=O) groups excluding carboxylic acids is 3. The van der Waals surface area contributed by atoms with Crippen molar-refractivity contribution in [3.05, 3.63) is 95.6 Å². The fourth-order valence-electron chi connectivity index (χ4n) is 8.06. The number of esters is 1. The highest BCUT2D eigenvalue weighted by molar-refractivity contribution is 7.51. The van der Waals surface area contributed by atoms with Gasteiger partial charge in [-0.2, -0.15) is 15.2 Å². The Balaban J connectivity index is 1.44. The third-order valence-electron chi connectivity index (χ3n) is 11.1. The zero-order valence-electron chi connectivity index (χ0n) is 38.8. The smallest absolute Gasteiger partial charge is 0.314 e. The average Bonchev–Trinajstić information content (AvgIpc) is 3.88. The monoisotopic (exact) mass is 909 g/mol. The summed E-state index contributed by atoms with van der Waals surface area (Å²) in [5.41, 5.74) is 0.275. The summed E-state index contributed by atoms with van der Waals surface area (Å²) in [6.07, 6.45) is -0.526. The van der Waals surface area contributed by atoms with E-state index in [-0.39, 0.29) is 49.5 Å². The number of hydrogen-bond acceptors (Lipinski definition) is 13. The van der Waals surface area contributed by atoms with Crippen molar-refractivity contribution in [2.45, 2.75) is 116 Å². The van der Waals surface area contributed by atoms with E-state index < -0.39 is 67.7 Å². The highest BCUT2D eigenvalue weighted by atomic mass is 31.2. The van der Waals surface area contributed by atoms with Crippen LogP contribution in [0.2, 0.25) is 0 Å². The third-order valence-corrected chi connectivity index (χ3v) is 13.6. The van der Waals surface area contributed by atoms with Crippen molar-refractivity contribution in [1.82, 2.24) is 14.9 Å². The van der Waals surface area contributed by atoms with E-state index in [1.807, 2.05) is 107 Å². The number of nitrogens with zero attached hydrogens (tertiary/aromatic N) is 6. The van der Waals surface area contributed by atoms with E-state index in [2.05, 4.69) is 31.0 Å². The Morgan fingerprint density at radius 2 is 1.52 bits per heavy atom. The molecule has 1 N–H and O–H groups in total. The van der Waals surface area contributed by atoms with Gasteiger partial charge in [-0.3, -0.25) is 34.3 Å². The summed E-state index contributed by atoms with van der Waals surface area (Å²) in [6.45, 7) is 15.0. The van der Waals surface area contributed by atoms with Gasteiger partial charge in [0.2, 0.25) is 5.96 Å². The molecule has 0 saturated carbocycles. The molecule has 0 aliphatic carbocycles. The summed E-state index contributed by atoms with van der Waals surface area (Å²) in [5.74, 6) is -0.343. The number of fused-ring (bicyclic) bond motifs is 1. The van der Waals surface area contributed by atoms with Gasteiger partial charge in [0.05, 0.1) is 45.8 Å². The number of methoxy groups -OCH3 is 2. The second-order valence-corrected chi connectivity index (χ2v) is 19.1. The van der Waals surface area contributed by atoms with Crippen molar-refractivity contribution in [1.29, 1.82) is 5.26 Å². The molecular weight excluding hydrogens is 850 g/mol. The number of ether oxygens (including phenoxy) is 5. The van der Waals surface area contributed by atoms with Crippen molar-refractivity contribution in [2.24, 2.45) is 20.9 Å². The van der Waals surface area contributed by atoms with E-state index in [0.717, 1.165) is 16.7 Å². The Morgan fingerprint density at radius 1 is 0.938 bits per heavy atom. The Labute approximate surface area is 382 Å².